The van der Waals surface area contributed by atoms with Crippen LogP contribution >= 0.6 is 22.9 Å². The zero-order valence-corrected chi connectivity index (χ0v) is 13.2. The topological polar surface area (TPSA) is 50.2 Å². The van der Waals surface area contributed by atoms with Gasteiger partial charge in [-0.15, -0.1) is 11.3 Å². The van der Waals surface area contributed by atoms with E-state index in [-0.39, 0.29) is 5.41 Å². The number of aromatic carboxylic acids is 1. The maximum atomic E-state index is 11.4. The first-order valence-electron chi connectivity index (χ1n) is 6.26. The summed E-state index contributed by atoms with van der Waals surface area (Å²) in [4.78, 5) is 16.2. The van der Waals surface area contributed by atoms with Crippen molar-refractivity contribution >= 4 is 28.9 Å². The summed E-state index contributed by atoms with van der Waals surface area (Å²) in [5.74, 6) is -0.931. The second-order valence-electron chi connectivity index (χ2n) is 5.62. The number of hydrogen-bond acceptors (Lipinski definition) is 3. The highest BCUT2D eigenvalue weighted by Crippen LogP contribution is 2.31. The number of carboxylic acid groups (broad SMARTS) is 1. The van der Waals surface area contributed by atoms with Crippen LogP contribution in [0.4, 0.5) is 0 Å². The Morgan fingerprint density at radius 1 is 1.35 bits per heavy atom. The molecule has 2 rings (SSSR count). The molecular weight excluding hydrogens is 294 g/mol. The molecule has 0 aliphatic carbocycles. The molecule has 0 amide bonds. The smallest absolute Gasteiger partial charge is 0.347 e. The van der Waals surface area contributed by atoms with E-state index in [1.807, 2.05) is 39.0 Å². The first kappa shape index (κ1) is 15.0. The fourth-order valence-corrected chi connectivity index (χ4v) is 2.96. The van der Waals surface area contributed by atoms with Crippen molar-refractivity contribution in [2.24, 2.45) is 0 Å². The molecule has 0 bridgehead atoms. The molecule has 2 aromatic rings. The molecule has 0 saturated heterocycles. The van der Waals surface area contributed by atoms with Crippen LogP contribution in [0.25, 0.3) is 0 Å². The van der Waals surface area contributed by atoms with Crippen molar-refractivity contribution in [1.29, 1.82) is 0 Å². The van der Waals surface area contributed by atoms with Gasteiger partial charge in [-0.1, -0.05) is 50.6 Å². The molecule has 0 radical (unpaired) electrons. The van der Waals surface area contributed by atoms with Gasteiger partial charge in [-0.25, -0.2) is 9.78 Å². The lowest BCUT2D eigenvalue weighted by atomic mass is 9.98. The second kappa shape index (κ2) is 5.54. The standard InChI is InChI=1S/C15H16ClNO2S/c1-15(2,3)14-17-11(12(20-14)13(18)19)8-9-6-4-5-7-10(9)16/h4-7H,8H2,1-3H3,(H,18,19). The van der Waals surface area contributed by atoms with E-state index in [2.05, 4.69) is 4.98 Å². The fourth-order valence-electron chi connectivity index (χ4n) is 1.78. The summed E-state index contributed by atoms with van der Waals surface area (Å²) in [6.07, 6.45) is 0.438. The number of hydrogen-bond donors (Lipinski definition) is 1. The summed E-state index contributed by atoms with van der Waals surface area (Å²) in [6.45, 7) is 6.07. The minimum Gasteiger partial charge on any atom is -0.477 e. The molecule has 1 aromatic heterocycles. The van der Waals surface area contributed by atoms with E-state index in [0.29, 0.717) is 22.0 Å². The van der Waals surface area contributed by atoms with E-state index in [1.165, 1.54) is 11.3 Å². The minimum atomic E-state index is -0.931. The predicted octanol–water partition coefficient (Wildman–Crippen LogP) is 4.38. The molecule has 0 saturated carbocycles. The number of rotatable bonds is 3. The Labute approximate surface area is 127 Å². The first-order chi connectivity index (χ1) is 9.29. The largest absolute Gasteiger partial charge is 0.477 e. The van der Waals surface area contributed by atoms with Gasteiger partial charge in [-0.3, -0.25) is 0 Å². The molecule has 0 fully saturated rings. The van der Waals surface area contributed by atoms with Crippen LogP contribution in [0.1, 0.15) is 46.7 Å². The Morgan fingerprint density at radius 2 is 2.00 bits per heavy atom. The average Bonchev–Trinajstić information content (AvgIpc) is 2.76. The fraction of sp³-hybridized carbons (Fsp3) is 0.333. The lowest BCUT2D eigenvalue weighted by molar-refractivity contribution is 0.0701. The number of nitrogens with zero attached hydrogens (tertiary/aromatic N) is 1. The molecule has 0 atom stereocenters. The van der Waals surface area contributed by atoms with Gasteiger partial charge in [0.15, 0.2) is 0 Å². The van der Waals surface area contributed by atoms with Crippen LogP contribution < -0.4 is 0 Å². The quantitative estimate of drug-likeness (QED) is 0.915. The molecule has 5 heteroatoms. The molecule has 0 unspecified atom stereocenters. The van der Waals surface area contributed by atoms with Crippen LogP contribution in [0.5, 0.6) is 0 Å². The van der Waals surface area contributed by atoms with Gasteiger partial charge in [0.25, 0.3) is 0 Å². The SMILES string of the molecule is CC(C)(C)c1nc(Cc2ccccc2Cl)c(C(=O)O)s1. The second-order valence-corrected chi connectivity index (χ2v) is 7.02. The summed E-state index contributed by atoms with van der Waals surface area (Å²) < 4.78 is 0. The van der Waals surface area contributed by atoms with Crippen LogP contribution in [0.3, 0.4) is 0 Å². The van der Waals surface area contributed by atoms with Crippen LogP contribution in [0.15, 0.2) is 24.3 Å². The lowest BCUT2D eigenvalue weighted by Crippen LogP contribution is -2.10. The molecule has 0 spiro atoms. The van der Waals surface area contributed by atoms with Gasteiger partial charge in [0.05, 0.1) is 10.7 Å². The molecule has 3 nitrogen and oxygen atoms in total. The summed E-state index contributed by atoms with van der Waals surface area (Å²) in [6, 6.07) is 7.43. The minimum absolute atomic E-state index is 0.159. The third-order valence-electron chi connectivity index (χ3n) is 2.85. The molecule has 1 aromatic carbocycles. The first-order valence-corrected chi connectivity index (χ1v) is 7.45. The third-order valence-corrected chi connectivity index (χ3v) is 4.73. The number of carbonyl (C=O) groups is 1. The Kier molecular flexibility index (Phi) is 4.16. The molecule has 0 aliphatic rings. The molecular formula is C15H16ClNO2S. The van der Waals surface area contributed by atoms with Gasteiger partial charge < -0.3 is 5.11 Å². The van der Waals surface area contributed by atoms with E-state index < -0.39 is 5.97 Å². The van der Waals surface area contributed by atoms with Gasteiger partial charge in [0.1, 0.15) is 4.88 Å². The Morgan fingerprint density at radius 3 is 2.55 bits per heavy atom. The predicted molar refractivity (Wildman–Crippen MR) is 82.0 cm³/mol. The maximum Gasteiger partial charge on any atom is 0.347 e. The number of carboxylic acids is 1. The highest BCUT2D eigenvalue weighted by atomic mass is 35.5. The van der Waals surface area contributed by atoms with Gasteiger partial charge >= 0.3 is 5.97 Å². The lowest BCUT2D eigenvalue weighted by Gasteiger charge is -2.13. The van der Waals surface area contributed by atoms with Gasteiger partial charge in [-0.05, 0) is 11.6 Å². The van der Waals surface area contributed by atoms with Crippen molar-refractivity contribution in [2.75, 3.05) is 0 Å². The maximum absolute atomic E-state index is 11.4. The van der Waals surface area contributed by atoms with E-state index >= 15 is 0 Å². The van der Waals surface area contributed by atoms with Gasteiger partial charge in [0, 0.05) is 16.9 Å². The van der Waals surface area contributed by atoms with Gasteiger partial charge in [0.2, 0.25) is 0 Å². The zero-order valence-electron chi connectivity index (χ0n) is 11.6. The molecule has 1 N–H and O–H groups in total. The molecule has 20 heavy (non-hydrogen) atoms. The van der Waals surface area contributed by atoms with Crippen LogP contribution in [0.2, 0.25) is 5.02 Å². The average molecular weight is 310 g/mol. The summed E-state index contributed by atoms with van der Waals surface area (Å²) in [7, 11) is 0. The highest BCUT2D eigenvalue weighted by molar-refractivity contribution is 7.13. The molecule has 106 valence electrons. The van der Waals surface area contributed by atoms with E-state index in [4.69, 9.17) is 11.6 Å². The van der Waals surface area contributed by atoms with Crippen molar-refractivity contribution in [1.82, 2.24) is 4.98 Å². The van der Waals surface area contributed by atoms with Crippen molar-refractivity contribution < 1.29 is 9.90 Å². The van der Waals surface area contributed by atoms with E-state index in [1.54, 1.807) is 6.07 Å². The van der Waals surface area contributed by atoms with Crippen molar-refractivity contribution in [3.8, 4) is 0 Å². The van der Waals surface area contributed by atoms with Gasteiger partial charge in [-0.2, -0.15) is 0 Å². The van der Waals surface area contributed by atoms with Crippen LogP contribution in [-0.2, 0) is 11.8 Å². The van der Waals surface area contributed by atoms with Crippen molar-refractivity contribution in [3.05, 3.63) is 50.4 Å². The summed E-state index contributed by atoms with van der Waals surface area (Å²) in [5.41, 5.74) is 1.32. The van der Waals surface area contributed by atoms with Crippen molar-refractivity contribution in [3.63, 3.8) is 0 Å². The number of aromatic nitrogens is 1. The highest BCUT2D eigenvalue weighted by Gasteiger charge is 2.24. The Bertz CT molecular complexity index is 644. The van der Waals surface area contributed by atoms with Crippen LogP contribution in [0, 0.1) is 0 Å². The third kappa shape index (κ3) is 3.19. The van der Waals surface area contributed by atoms with Crippen molar-refractivity contribution in [2.45, 2.75) is 32.6 Å². The zero-order chi connectivity index (χ0) is 14.9. The normalized spacial score (nSPS) is 11.6. The Balaban J connectivity index is 2.43. The Hall–Kier alpha value is -1.39. The summed E-state index contributed by atoms with van der Waals surface area (Å²) >= 11 is 7.38. The number of thiazole rings is 1. The summed E-state index contributed by atoms with van der Waals surface area (Å²) in [5, 5.41) is 10.8. The van der Waals surface area contributed by atoms with Crippen LogP contribution in [-0.4, -0.2) is 16.1 Å². The number of benzene rings is 1. The molecule has 0 aliphatic heterocycles. The van der Waals surface area contributed by atoms with E-state index in [9.17, 15) is 9.90 Å². The molecule has 1 heterocycles. The monoisotopic (exact) mass is 309 g/mol. The number of halogens is 1. The van der Waals surface area contributed by atoms with E-state index in [0.717, 1.165) is 10.6 Å².